The highest BCUT2D eigenvalue weighted by Gasteiger charge is 2.62. The van der Waals surface area contributed by atoms with Crippen molar-refractivity contribution in [3.63, 3.8) is 0 Å². The van der Waals surface area contributed by atoms with Gasteiger partial charge in [0, 0.05) is 64.1 Å². The largest absolute Gasteiger partial charge is 0.462 e. The van der Waals surface area contributed by atoms with E-state index in [-0.39, 0.29) is 48.2 Å². The van der Waals surface area contributed by atoms with Gasteiger partial charge in [0.1, 0.15) is 36.4 Å². The molecule has 4 saturated heterocycles. The highest BCUT2D eigenvalue weighted by atomic mass is 28.4. The zero-order chi connectivity index (χ0) is 57.2. The van der Waals surface area contributed by atoms with Crippen molar-refractivity contribution >= 4 is 20.3 Å². The number of ether oxygens (including phenoxy) is 11. The number of rotatable bonds is 13. The summed E-state index contributed by atoms with van der Waals surface area (Å²) >= 11 is 0. The molecule has 0 unspecified atom stereocenters. The normalized spacial score (nSPS) is 41.0. The van der Waals surface area contributed by atoms with E-state index >= 15 is 0 Å². The summed E-state index contributed by atoms with van der Waals surface area (Å²) in [5.41, 5.74) is 1.83. The van der Waals surface area contributed by atoms with Gasteiger partial charge >= 0.3 is 11.9 Å². The third-order valence-electron chi connectivity index (χ3n) is 18.1. The molecule has 7 heterocycles. The molecule has 19 atom stereocenters. The van der Waals surface area contributed by atoms with Crippen molar-refractivity contribution in [1.29, 1.82) is 0 Å². The molecule has 4 fully saturated rings. The van der Waals surface area contributed by atoms with Gasteiger partial charge < -0.3 is 61.6 Å². The molecule has 438 valence electrons. The Morgan fingerprint density at radius 3 is 2.42 bits per heavy atom. The minimum atomic E-state index is -2.40. The number of fused-ring (bicyclic) bond motifs is 2. The number of carbonyl (C=O) groups is 2. The number of hydrogen-bond acceptors (Lipinski definition) is 16. The van der Waals surface area contributed by atoms with Gasteiger partial charge in [-0.3, -0.25) is 9.78 Å². The highest BCUT2D eigenvalue weighted by molar-refractivity contribution is 6.74. The molecule has 0 saturated carbocycles. The predicted molar refractivity (Wildman–Crippen MR) is 300 cm³/mol. The molecule has 79 heavy (non-hydrogen) atoms. The molecule has 8 rings (SSSR count). The third kappa shape index (κ3) is 13.6. The summed E-state index contributed by atoms with van der Waals surface area (Å²) in [6, 6.07) is 3.35. The lowest BCUT2D eigenvalue weighted by Gasteiger charge is -2.49. The van der Waals surface area contributed by atoms with Crippen molar-refractivity contribution in [1.82, 2.24) is 4.98 Å². The smallest absolute Gasteiger partial charge is 0.340 e. The maximum atomic E-state index is 14.9. The molecular formula is C62H91NO15Si. The summed E-state index contributed by atoms with van der Waals surface area (Å²) < 4.78 is 78.8. The first-order valence-electron chi connectivity index (χ1n) is 28.8. The summed E-state index contributed by atoms with van der Waals surface area (Å²) in [5, 5.41) is 13.2. The van der Waals surface area contributed by atoms with Crippen molar-refractivity contribution in [2.24, 2.45) is 23.7 Å². The Morgan fingerprint density at radius 2 is 1.72 bits per heavy atom. The average Bonchev–Trinajstić information content (AvgIpc) is 4.02. The number of allylic oxidation sites excluding steroid dienone is 2. The van der Waals surface area contributed by atoms with E-state index < -0.39 is 105 Å². The Morgan fingerprint density at radius 1 is 0.962 bits per heavy atom. The second kappa shape index (κ2) is 25.4. The quantitative estimate of drug-likeness (QED) is 0.112. The average molecular weight is 1120 g/mol. The van der Waals surface area contributed by atoms with Crippen molar-refractivity contribution in [3.05, 3.63) is 101 Å². The van der Waals surface area contributed by atoms with E-state index in [0.717, 1.165) is 23.1 Å². The monoisotopic (exact) mass is 1120 g/mol. The second-order valence-corrected chi connectivity index (χ2v) is 29.5. The molecule has 0 radical (unpaired) electrons. The highest BCUT2D eigenvalue weighted by Crippen LogP contribution is 2.50. The molecule has 1 N–H and O–H groups in total. The van der Waals surface area contributed by atoms with E-state index in [9.17, 15) is 14.7 Å². The van der Waals surface area contributed by atoms with Crippen LogP contribution in [0, 0.1) is 23.7 Å². The standard InChI is InChI=1S/C62H91NO15Si/c1-16-36(2)54-39(5)24-26-61(77-54)33-46-30-45(76-61)23-22-38(4)53(37(3)19-17-21-44-35-70-57-55(78-79(14,15)60(9,10)11)40(6)29-48(59(65)73-46)62(44,57)66)74-52-32-50(68-13)56(42(8)72-52)75-51-31-49(67-12)47(41(7)71-51)25-28-69-58(64)43-20-18-27-63-34-43/h17-22,24-27,29,34,36-37,39,41-42,45-46,48-57,66H,16,23,28,30-33,35H2,1-15H3/b19-17+,38-22+,44-21+,47-25-/t36-,37-,39-,41-,42-,45+,46-,48-,49-,50-,51-,52-,53-,54+,55+,56-,57+,61+,62+/m0/s1. The van der Waals surface area contributed by atoms with Gasteiger partial charge in [0.15, 0.2) is 26.7 Å². The fraction of sp³-hybridized carbons (Fsp3) is 0.694. The van der Waals surface area contributed by atoms with Crippen LogP contribution in [-0.4, -0.2) is 149 Å². The lowest BCUT2D eigenvalue weighted by atomic mass is 9.71. The molecule has 16 nitrogen and oxygen atoms in total. The second-order valence-electron chi connectivity index (χ2n) is 24.8. The lowest BCUT2D eigenvalue weighted by molar-refractivity contribution is -0.305. The first-order valence-corrected chi connectivity index (χ1v) is 31.8. The van der Waals surface area contributed by atoms with Crippen LogP contribution >= 0.6 is 0 Å². The minimum Gasteiger partial charge on any atom is -0.462 e. The fourth-order valence-electron chi connectivity index (χ4n) is 12.2. The topological polar surface area (TPSA) is 178 Å². The summed E-state index contributed by atoms with van der Waals surface area (Å²) in [6.45, 7) is 27.7. The number of methoxy groups -OCH3 is 2. The first-order chi connectivity index (χ1) is 37.4. The summed E-state index contributed by atoms with van der Waals surface area (Å²) in [5.74, 6) is -2.95. The van der Waals surface area contributed by atoms with Gasteiger partial charge in [-0.25, -0.2) is 4.79 Å². The van der Waals surface area contributed by atoms with Crippen LogP contribution in [0.1, 0.15) is 125 Å². The number of pyridine rings is 1. The molecule has 1 aromatic rings. The van der Waals surface area contributed by atoms with Crippen LogP contribution in [0.3, 0.4) is 0 Å². The van der Waals surface area contributed by atoms with Gasteiger partial charge in [-0.1, -0.05) is 91.3 Å². The van der Waals surface area contributed by atoms with Crippen molar-refractivity contribution in [2.45, 2.75) is 224 Å². The van der Waals surface area contributed by atoms with Crippen LogP contribution in [0.15, 0.2) is 95.4 Å². The van der Waals surface area contributed by atoms with Gasteiger partial charge in [0.25, 0.3) is 0 Å². The predicted octanol–water partition coefficient (Wildman–Crippen LogP) is 10.2. The van der Waals surface area contributed by atoms with E-state index in [1.165, 1.54) is 6.20 Å². The third-order valence-corrected chi connectivity index (χ3v) is 22.5. The molecule has 1 spiro atoms. The van der Waals surface area contributed by atoms with E-state index in [2.05, 4.69) is 91.7 Å². The van der Waals surface area contributed by atoms with Crippen LogP contribution in [0.25, 0.3) is 0 Å². The van der Waals surface area contributed by atoms with Crippen molar-refractivity contribution < 1.29 is 71.2 Å². The number of esters is 2. The van der Waals surface area contributed by atoms with E-state index in [0.29, 0.717) is 43.2 Å². The first kappa shape index (κ1) is 61.4. The Bertz CT molecular complexity index is 2470. The molecule has 17 heteroatoms. The zero-order valence-electron chi connectivity index (χ0n) is 49.5. The maximum Gasteiger partial charge on any atom is 0.340 e. The van der Waals surface area contributed by atoms with Crippen LogP contribution in [0.5, 0.6) is 0 Å². The van der Waals surface area contributed by atoms with Crippen molar-refractivity contribution in [2.75, 3.05) is 27.4 Å². The van der Waals surface area contributed by atoms with Gasteiger partial charge in [0.2, 0.25) is 0 Å². The minimum absolute atomic E-state index is 0.0484. The maximum absolute atomic E-state index is 14.9. The van der Waals surface area contributed by atoms with Gasteiger partial charge in [-0.2, -0.15) is 0 Å². The zero-order valence-corrected chi connectivity index (χ0v) is 50.5. The van der Waals surface area contributed by atoms with Gasteiger partial charge in [-0.15, -0.1) is 0 Å². The molecule has 0 amide bonds. The van der Waals surface area contributed by atoms with E-state index in [1.54, 1.807) is 32.5 Å². The molecule has 7 aliphatic rings. The van der Waals surface area contributed by atoms with Crippen LogP contribution in [-0.2, 0) is 61.3 Å². The Kier molecular flexibility index (Phi) is 19.8. The molecule has 6 aliphatic heterocycles. The number of aliphatic hydroxyl groups is 1. The lowest BCUT2D eigenvalue weighted by Crippen LogP contribution is -2.60. The summed E-state index contributed by atoms with van der Waals surface area (Å²) in [6.07, 6.45) is 15.5. The molecule has 1 aromatic heterocycles. The Balaban J connectivity index is 1.05. The van der Waals surface area contributed by atoms with Crippen LogP contribution < -0.4 is 0 Å². The number of aromatic nitrogens is 1. The van der Waals surface area contributed by atoms with Gasteiger partial charge in [-0.05, 0) is 105 Å². The molecular weight excluding hydrogens is 1030 g/mol. The Labute approximate surface area is 470 Å². The Hall–Kier alpha value is -3.69. The van der Waals surface area contributed by atoms with Crippen LogP contribution in [0.4, 0.5) is 0 Å². The fourth-order valence-corrected chi connectivity index (χ4v) is 13.5. The molecule has 0 aromatic carbocycles. The summed E-state index contributed by atoms with van der Waals surface area (Å²) in [4.78, 5) is 31.5. The molecule has 2 bridgehead atoms. The number of carbonyl (C=O) groups excluding carboxylic acids is 2. The van der Waals surface area contributed by atoms with Crippen LogP contribution in [0.2, 0.25) is 18.1 Å². The van der Waals surface area contributed by atoms with Crippen molar-refractivity contribution in [3.8, 4) is 0 Å². The number of nitrogens with zero attached hydrogens (tertiary/aromatic N) is 1. The SMILES string of the molecule is CC[C@H](C)[C@H]1O[C@]2(C=C[C@@H]1C)C[C@@H]1C[C@@H](C/C=C(\C)[C@@H](O[C@H]3C[C@H](OC)[C@@H](O[C@H]4C[C@H](OC)/C(=C\COC(=O)c5cccnc5)[C@H](C)O4)[C@H](C)O3)[C@@H](C)/C=C/C=C3\CO[C@@H]4[C@H](O[Si](C)(C)C(C)(C)C)C(C)=C[C@@H](C(=O)O1)[C@]34O)O2. The summed E-state index contributed by atoms with van der Waals surface area (Å²) in [7, 11) is 0.916. The van der Waals surface area contributed by atoms with Gasteiger partial charge in [0.05, 0.1) is 61.0 Å². The van der Waals surface area contributed by atoms with E-state index in [4.69, 9.17) is 56.5 Å². The number of hydrogen-bond donors (Lipinski definition) is 1. The van der Waals surface area contributed by atoms with E-state index in [1.807, 2.05) is 51.2 Å². The molecule has 1 aliphatic carbocycles.